The van der Waals surface area contributed by atoms with Gasteiger partial charge >= 0.3 is 5.97 Å². The summed E-state index contributed by atoms with van der Waals surface area (Å²) in [5.41, 5.74) is 0.669. The molecule has 0 aliphatic carbocycles. The Morgan fingerprint density at radius 1 is 1.43 bits per heavy atom. The van der Waals surface area contributed by atoms with Gasteiger partial charge in [-0.25, -0.2) is 4.98 Å². The van der Waals surface area contributed by atoms with Crippen LogP contribution in [0.15, 0.2) is 22.2 Å². The van der Waals surface area contributed by atoms with E-state index in [1.165, 1.54) is 22.5 Å². The zero-order valence-electron chi connectivity index (χ0n) is 11.3. The second kappa shape index (κ2) is 4.85. The van der Waals surface area contributed by atoms with Gasteiger partial charge in [0, 0.05) is 6.20 Å². The molecule has 0 unspecified atom stereocenters. The lowest BCUT2D eigenvalue weighted by molar-refractivity contribution is -0.137. The molecule has 8 nitrogen and oxygen atoms in total. The molecule has 9 heteroatoms. The molecule has 3 aromatic heterocycles. The first-order valence-corrected chi connectivity index (χ1v) is 7.26. The van der Waals surface area contributed by atoms with Crippen molar-refractivity contribution in [1.82, 2.24) is 24.1 Å². The van der Waals surface area contributed by atoms with E-state index in [2.05, 4.69) is 15.1 Å². The van der Waals surface area contributed by atoms with Gasteiger partial charge in [0.05, 0.1) is 16.6 Å². The van der Waals surface area contributed by atoms with Crippen LogP contribution in [-0.2, 0) is 11.3 Å². The number of hydrogen-bond donors (Lipinski definition) is 1. The van der Waals surface area contributed by atoms with Crippen molar-refractivity contribution in [3.63, 3.8) is 0 Å². The van der Waals surface area contributed by atoms with Gasteiger partial charge in [0.1, 0.15) is 6.54 Å². The monoisotopic (exact) mass is 305 g/mol. The van der Waals surface area contributed by atoms with E-state index in [9.17, 15) is 9.59 Å². The lowest BCUT2D eigenvalue weighted by Gasteiger charge is -2.07. The maximum Gasteiger partial charge on any atom is 0.323 e. The van der Waals surface area contributed by atoms with Crippen LogP contribution in [0.2, 0.25) is 0 Å². The highest BCUT2D eigenvalue weighted by Crippen LogP contribution is 2.17. The molecular weight excluding hydrogens is 294 g/mol. The molecule has 21 heavy (non-hydrogen) atoms. The predicted octanol–water partition coefficient (Wildman–Crippen LogP) is 0.554. The molecule has 0 amide bonds. The van der Waals surface area contributed by atoms with Crippen molar-refractivity contribution >= 4 is 34.4 Å². The normalized spacial score (nSPS) is 11.3. The minimum absolute atomic E-state index is 0.351. The van der Waals surface area contributed by atoms with Crippen molar-refractivity contribution in [2.24, 2.45) is 0 Å². The highest BCUT2D eigenvalue weighted by atomic mass is 32.2. The molecule has 0 spiro atoms. The second-order valence-electron chi connectivity index (χ2n) is 4.41. The molecule has 3 heterocycles. The number of fused-ring (bicyclic) bond motifs is 3. The number of thioether (sulfide) groups is 1. The van der Waals surface area contributed by atoms with Crippen LogP contribution in [0.1, 0.15) is 5.69 Å². The van der Waals surface area contributed by atoms with Crippen molar-refractivity contribution < 1.29 is 9.90 Å². The minimum atomic E-state index is -1.08. The van der Waals surface area contributed by atoms with Crippen LogP contribution in [0.5, 0.6) is 0 Å². The summed E-state index contributed by atoms with van der Waals surface area (Å²) in [7, 11) is 0. The number of aryl methyl sites for hydroxylation is 1. The number of rotatable bonds is 3. The van der Waals surface area contributed by atoms with Crippen LogP contribution < -0.4 is 5.56 Å². The van der Waals surface area contributed by atoms with E-state index in [0.29, 0.717) is 27.5 Å². The standard InChI is InChI=1S/C12H11N5O3S/c1-6-9-7(3-4-16(10(9)20)5-8(18)19)17-11(13-6)14-12(15-17)21-2/h3-4H,5H2,1-2H3,(H,18,19). The summed E-state index contributed by atoms with van der Waals surface area (Å²) in [6.45, 7) is 1.31. The zero-order valence-corrected chi connectivity index (χ0v) is 12.1. The van der Waals surface area contributed by atoms with Crippen LogP contribution in [-0.4, -0.2) is 41.5 Å². The van der Waals surface area contributed by atoms with Gasteiger partial charge < -0.3 is 9.67 Å². The number of hydrogen-bond acceptors (Lipinski definition) is 6. The van der Waals surface area contributed by atoms with Crippen LogP contribution >= 0.6 is 11.8 Å². The Balaban J connectivity index is 2.38. The molecule has 0 aromatic carbocycles. The number of carbonyl (C=O) groups is 1. The average molecular weight is 305 g/mol. The Morgan fingerprint density at radius 3 is 2.86 bits per heavy atom. The van der Waals surface area contributed by atoms with Gasteiger partial charge in [-0.3, -0.25) is 9.59 Å². The lowest BCUT2D eigenvalue weighted by Crippen LogP contribution is -2.24. The maximum absolute atomic E-state index is 12.4. The maximum atomic E-state index is 12.4. The third kappa shape index (κ3) is 2.15. The average Bonchev–Trinajstić information content (AvgIpc) is 2.84. The quantitative estimate of drug-likeness (QED) is 0.705. The smallest absolute Gasteiger partial charge is 0.323 e. The van der Waals surface area contributed by atoms with Gasteiger partial charge in [-0.05, 0) is 19.2 Å². The second-order valence-corrected chi connectivity index (χ2v) is 5.18. The first kappa shape index (κ1) is 13.6. The summed E-state index contributed by atoms with van der Waals surface area (Å²) >= 11 is 1.38. The minimum Gasteiger partial charge on any atom is -0.480 e. The fourth-order valence-electron chi connectivity index (χ4n) is 2.16. The third-order valence-electron chi connectivity index (χ3n) is 3.06. The largest absolute Gasteiger partial charge is 0.480 e. The Labute approximate surface area is 122 Å². The van der Waals surface area contributed by atoms with Crippen LogP contribution in [0.4, 0.5) is 0 Å². The fourth-order valence-corrected chi connectivity index (χ4v) is 2.50. The summed E-state index contributed by atoms with van der Waals surface area (Å²) < 4.78 is 2.64. The van der Waals surface area contributed by atoms with Gasteiger partial charge in [0.2, 0.25) is 5.16 Å². The van der Waals surface area contributed by atoms with E-state index in [1.54, 1.807) is 13.0 Å². The van der Waals surface area contributed by atoms with Crippen molar-refractivity contribution in [1.29, 1.82) is 0 Å². The lowest BCUT2D eigenvalue weighted by atomic mass is 10.2. The first-order valence-electron chi connectivity index (χ1n) is 6.03. The molecule has 0 saturated carbocycles. The summed E-state index contributed by atoms with van der Waals surface area (Å²) in [6, 6.07) is 1.65. The molecule has 3 aromatic rings. The first-order chi connectivity index (χ1) is 10.0. The number of aliphatic carboxylic acids is 1. The third-order valence-corrected chi connectivity index (χ3v) is 3.60. The number of carboxylic acid groups (broad SMARTS) is 1. The number of aromatic nitrogens is 5. The Bertz CT molecular complexity index is 930. The molecule has 108 valence electrons. The highest BCUT2D eigenvalue weighted by Gasteiger charge is 2.14. The molecule has 1 N–H and O–H groups in total. The highest BCUT2D eigenvalue weighted by molar-refractivity contribution is 7.98. The molecular formula is C12H11N5O3S. The van der Waals surface area contributed by atoms with Crippen molar-refractivity contribution in [3.05, 3.63) is 28.3 Å². The zero-order chi connectivity index (χ0) is 15.1. The van der Waals surface area contributed by atoms with E-state index in [0.717, 1.165) is 4.57 Å². The van der Waals surface area contributed by atoms with Gasteiger partial charge in [-0.15, -0.1) is 5.10 Å². The van der Waals surface area contributed by atoms with Crippen LogP contribution in [0.3, 0.4) is 0 Å². The fraction of sp³-hybridized carbons (Fsp3) is 0.250. The molecule has 0 bridgehead atoms. The van der Waals surface area contributed by atoms with Gasteiger partial charge in [0.25, 0.3) is 11.3 Å². The van der Waals surface area contributed by atoms with Crippen molar-refractivity contribution in [3.8, 4) is 0 Å². The Kier molecular flexibility index (Phi) is 3.13. The molecule has 3 rings (SSSR count). The van der Waals surface area contributed by atoms with Crippen molar-refractivity contribution in [2.45, 2.75) is 18.6 Å². The topological polar surface area (TPSA) is 102 Å². The number of carboxylic acids is 1. The van der Waals surface area contributed by atoms with Crippen LogP contribution in [0.25, 0.3) is 16.7 Å². The van der Waals surface area contributed by atoms with E-state index in [1.807, 2.05) is 6.26 Å². The molecule has 0 radical (unpaired) electrons. The molecule has 0 aliphatic heterocycles. The van der Waals surface area contributed by atoms with Gasteiger partial charge in [0.15, 0.2) is 0 Å². The van der Waals surface area contributed by atoms with Crippen molar-refractivity contribution in [2.75, 3.05) is 6.26 Å². The Hall–Kier alpha value is -2.42. The number of pyridine rings is 1. The predicted molar refractivity (Wildman–Crippen MR) is 76.7 cm³/mol. The van der Waals surface area contributed by atoms with Gasteiger partial charge in [-0.2, -0.15) is 9.50 Å². The molecule has 0 fully saturated rings. The summed E-state index contributed by atoms with van der Waals surface area (Å²) in [4.78, 5) is 31.7. The number of nitrogens with zero attached hydrogens (tertiary/aromatic N) is 5. The molecule has 0 atom stereocenters. The summed E-state index contributed by atoms with van der Waals surface area (Å²) in [5.74, 6) is -0.659. The van der Waals surface area contributed by atoms with Crippen LogP contribution in [0, 0.1) is 6.92 Å². The summed E-state index contributed by atoms with van der Waals surface area (Å²) in [6.07, 6.45) is 3.29. The summed E-state index contributed by atoms with van der Waals surface area (Å²) in [5, 5.41) is 14.0. The molecule has 0 aliphatic rings. The molecule has 0 saturated heterocycles. The van der Waals surface area contributed by atoms with E-state index >= 15 is 0 Å². The Morgan fingerprint density at radius 2 is 2.19 bits per heavy atom. The van der Waals surface area contributed by atoms with E-state index in [4.69, 9.17) is 5.11 Å². The van der Waals surface area contributed by atoms with E-state index in [-0.39, 0.29) is 6.54 Å². The SMILES string of the molecule is CSc1nc2nc(C)c3c(=O)n(CC(=O)O)ccc3n2n1. The van der Waals surface area contributed by atoms with E-state index < -0.39 is 11.5 Å². The van der Waals surface area contributed by atoms with Gasteiger partial charge in [-0.1, -0.05) is 11.8 Å².